The van der Waals surface area contributed by atoms with Crippen LogP contribution in [0, 0.1) is 17.8 Å². The smallest absolute Gasteiger partial charge is 0.0469 e. The molecule has 15 heavy (non-hydrogen) atoms. The van der Waals surface area contributed by atoms with Gasteiger partial charge in [0, 0.05) is 18.8 Å². The van der Waals surface area contributed by atoms with Crippen molar-refractivity contribution in [1.82, 2.24) is 0 Å². The minimum atomic E-state index is 0.112. The molecule has 1 saturated heterocycles. The summed E-state index contributed by atoms with van der Waals surface area (Å²) in [5.74, 6) is 2.32. The third-order valence-corrected chi connectivity index (χ3v) is 4.30. The molecule has 2 unspecified atom stereocenters. The Balaban J connectivity index is 2.02. The van der Waals surface area contributed by atoms with Crippen LogP contribution in [0.15, 0.2) is 0 Å². The SMILES string of the molecule is CC1CC(C)CC(N)(C2CCOCC2)C1. The van der Waals surface area contributed by atoms with Gasteiger partial charge in [-0.1, -0.05) is 13.8 Å². The lowest BCUT2D eigenvalue weighted by molar-refractivity contribution is 0.0145. The molecule has 1 aliphatic heterocycles. The number of ether oxygens (including phenoxy) is 1. The van der Waals surface area contributed by atoms with E-state index in [1.54, 1.807) is 0 Å². The summed E-state index contributed by atoms with van der Waals surface area (Å²) in [5.41, 5.74) is 6.77. The molecule has 2 fully saturated rings. The standard InChI is InChI=1S/C13H25NO/c1-10-7-11(2)9-13(14,8-10)12-3-5-15-6-4-12/h10-12H,3-9,14H2,1-2H3. The predicted molar refractivity (Wildman–Crippen MR) is 62.6 cm³/mol. The Labute approximate surface area is 93.6 Å². The highest BCUT2D eigenvalue weighted by atomic mass is 16.5. The first kappa shape index (κ1) is 11.4. The highest BCUT2D eigenvalue weighted by Crippen LogP contribution is 2.41. The lowest BCUT2D eigenvalue weighted by Gasteiger charge is -2.46. The molecule has 88 valence electrons. The number of nitrogens with two attached hydrogens (primary N) is 1. The van der Waals surface area contributed by atoms with Crippen LogP contribution in [0.5, 0.6) is 0 Å². The van der Waals surface area contributed by atoms with E-state index in [1.165, 1.54) is 32.1 Å². The normalized spacial score (nSPS) is 44.2. The number of hydrogen-bond acceptors (Lipinski definition) is 2. The molecule has 2 aliphatic rings. The van der Waals surface area contributed by atoms with E-state index in [0.29, 0.717) is 5.92 Å². The first-order valence-electron chi connectivity index (χ1n) is 6.47. The van der Waals surface area contributed by atoms with Gasteiger partial charge in [0.25, 0.3) is 0 Å². The molecule has 0 aromatic carbocycles. The Morgan fingerprint density at radius 3 is 2.13 bits per heavy atom. The van der Waals surface area contributed by atoms with Crippen LogP contribution in [0.4, 0.5) is 0 Å². The van der Waals surface area contributed by atoms with Gasteiger partial charge in [-0.25, -0.2) is 0 Å². The first-order valence-corrected chi connectivity index (χ1v) is 6.47. The van der Waals surface area contributed by atoms with Crippen LogP contribution in [0.25, 0.3) is 0 Å². The molecule has 0 amide bonds. The third-order valence-electron chi connectivity index (χ3n) is 4.30. The van der Waals surface area contributed by atoms with E-state index >= 15 is 0 Å². The fraction of sp³-hybridized carbons (Fsp3) is 1.00. The zero-order valence-electron chi connectivity index (χ0n) is 10.2. The van der Waals surface area contributed by atoms with E-state index in [1.807, 2.05) is 0 Å². The van der Waals surface area contributed by atoms with E-state index in [4.69, 9.17) is 10.5 Å². The van der Waals surface area contributed by atoms with Crippen molar-refractivity contribution >= 4 is 0 Å². The van der Waals surface area contributed by atoms with Gasteiger partial charge in [0.15, 0.2) is 0 Å². The lowest BCUT2D eigenvalue weighted by Crippen LogP contribution is -2.53. The summed E-state index contributed by atoms with van der Waals surface area (Å²) in [6.07, 6.45) is 6.16. The van der Waals surface area contributed by atoms with Crippen LogP contribution in [0.1, 0.15) is 46.0 Å². The van der Waals surface area contributed by atoms with Crippen LogP contribution in [0.2, 0.25) is 0 Å². The Morgan fingerprint density at radius 1 is 1.07 bits per heavy atom. The van der Waals surface area contributed by atoms with Crippen molar-refractivity contribution in [2.45, 2.75) is 51.5 Å². The van der Waals surface area contributed by atoms with Gasteiger partial charge in [-0.2, -0.15) is 0 Å². The van der Waals surface area contributed by atoms with Crippen LogP contribution in [0.3, 0.4) is 0 Å². The van der Waals surface area contributed by atoms with Gasteiger partial charge in [0.2, 0.25) is 0 Å². The molecule has 0 spiro atoms. The van der Waals surface area contributed by atoms with Crippen molar-refractivity contribution < 1.29 is 4.74 Å². The lowest BCUT2D eigenvalue weighted by atomic mass is 9.65. The summed E-state index contributed by atoms with van der Waals surface area (Å²) in [6, 6.07) is 0. The van der Waals surface area contributed by atoms with Crippen LogP contribution in [-0.4, -0.2) is 18.8 Å². The molecule has 2 nitrogen and oxygen atoms in total. The van der Waals surface area contributed by atoms with Gasteiger partial charge < -0.3 is 10.5 Å². The summed E-state index contributed by atoms with van der Waals surface area (Å²) in [7, 11) is 0. The topological polar surface area (TPSA) is 35.2 Å². The summed E-state index contributed by atoms with van der Waals surface area (Å²) in [4.78, 5) is 0. The fourth-order valence-electron chi connectivity index (χ4n) is 3.84. The van der Waals surface area contributed by atoms with Gasteiger partial charge in [0.05, 0.1) is 0 Å². The summed E-state index contributed by atoms with van der Waals surface area (Å²) in [6.45, 7) is 6.56. The fourth-order valence-corrected chi connectivity index (χ4v) is 3.84. The second-order valence-corrected chi connectivity index (χ2v) is 5.97. The third kappa shape index (κ3) is 2.54. The van der Waals surface area contributed by atoms with Crippen molar-refractivity contribution in [1.29, 1.82) is 0 Å². The zero-order valence-corrected chi connectivity index (χ0v) is 10.2. The van der Waals surface area contributed by atoms with E-state index in [2.05, 4.69) is 13.8 Å². The molecule has 1 saturated carbocycles. The van der Waals surface area contributed by atoms with Gasteiger partial charge in [-0.3, -0.25) is 0 Å². The van der Waals surface area contributed by atoms with E-state index in [9.17, 15) is 0 Å². The molecule has 0 bridgehead atoms. The Hall–Kier alpha value is -0.0800. The predicted octanol–water partition coefficient (Wildman–Crippen LogP) is 2.57. The first-order chi connectivity index (χ1) is 7.10. The summed E-state index contributed by atoms with van der Waals surface area (Å²) in [5, 5.41) is 0. The number of hydrogen-bond donors (Lipinski definition) is 1. The Bertz CT molecular complexity index is 201. The largest absolute Gasteiger partial charge is 0.381 e. The molecule has 2 heteroatoms. The van der Waals surface area contributed by atoms with E-state index in [0.717, 1.165) is 25.0 Å². The Kier molecular flexibility index (Phi) is 3.36. The van der Waals surface area contributed by atoms with Crippen molar-refractivity contribution in [3.63, 3.8) is 0 Å². The minimum Gasteiger partial charge on any atom is -0.381 e. The zero-order chi connectivity index (χ0) is 10.9. The van der Waals surface area contributed by atoms with Crippen LogP contribution < -0.4 is 5.73 Å². The average Bonchev–Trinajstić information content (AvgIpc) is 2.17. The quantitative estimate of drug-likeness (QED) is 0.723. The average molecular weight is 211 g/mol. The maximum Gasteiger partial charge on any atom is 0.0469 e. The minimum absolute atomic E-state index is 0.112. The van der Waals surface area contributed by atoms with Crippen molar-refractivity contribution in [3.05, 3.63) is 0 Å². The number of rotatable bonds is 1. The maximum atomic E-state index is 6.66. The monoisotopic (exact) mass is 211 g/mol. The molecular formula is C13H25NO. The molecule has 2 rings (SSSR count). The summed E-state index contributed by atoms with van der Waals surface area (Å²) < 4.78 is 5.43. The molecule has 2 atom stereocenters. The van der Waals surface area contributed by atoms with E-state index < -0.39 is 0 Å². The second kappa shape index (κ2) is 4.42. The van der Waals surface area contributed by atoms with E-state index in [-0.39, 0.29) is 5.54 Å². The van der Waals surface area contributed by atoms with Gasteiger partial charge in [-0.15, -0.1) is 0 Å². The van der Waals surface area contributed by atoms with Gasteiger partial charge >= 0.3 is 0 Å². The van der Waals surface area contributed by atoms with Gasteiger partial charge in [-0.05, 0) is 49.9 Å². The summed E-state index contributed by atoms with van der Waals surface area (Å²) >= 11 is 0. The van der Waals surface area contributed by atoms with Crippen molar-refractivity contribution in [2.75, 3.05) is 13.2 Å². The molecule has 2 N–H and O–H groups in total. The van der Waals surface area contributed by atoms with Crippen LogP contribution in [-0.2, 0) is 4.74 Å². The second-order valence-electron chi connectivity index (χ2n) is 5.97. The molecule has 1 aliphatic carbocycles. The molecule has 0 radical (unpaired) electrons. The van der Waals surface area contributed by atoms with Crippen molar-refractivity contribution in [2.24, 2.45) is 23.5 Å². The molecular weight excluding hydrogens is 186 g/mol. The molecule has 1 heterocycles. The highest BCUT2D eigenvalue weighted by Gasteiger charge is 2.41. The van der Waals surface area contributed by atoms with Gasteiger partial charge in [0.1, 0.15) is 0 Å². The highest BCUT2D eigenvalue weighted by molar-refractivity contribution is 4.97. The van der Waals surface area contributed by atoms with Crippen molar-refractivity contribution in [3.8, 4) is 0 Å². The Morgan fingerprint density at radius 2 is 1.60 bits per heavy atom. The maximum absolute atomic E-state index is 6.66. The van der Waals surface area contributed by atoms with Crippen LogP contribution >= 0.6 is 0 Å². The molecule has 0 aromatic heterocycles. The molecule has 0 aromatic rings.